The summed E-state index contributed by atoms with van der Waals surface area (Å²) < 4.78 is 43.4. The Labute approximate surface area is 165 Å². The van der Waals surface area contributed by atoms with Crippen LogP contribution in [0.2, 0.25) is 0 Å². The number of carboxylic acids is 1. The van der Waals surface area contributed by atoms with Crippen LogP contribution in [0.25, 0.3) is 0 Å². The molecular formula is C19H28FNO6S. The number of nitrogens with zero attached hydrogens (tertiary/aromatic N) is 1. The van der Waals surface area contributed by atoms with Gasteiger partial charge in [0, 0.05) is 25.6 Å². The van der Waals surface area contributed by atoms with Crippen LogP contribution in [0.5, 0.6) is 5.75 Å². The lowest BCUT2D eigenvalue weighted by atomic mass is 10.2. The van der Waals surface area contributed by atoms with E-state index in [4.69, 9.17) is 9.84 Å². The zero-order chi connectivity index (χ0) is 21.0. The number of hydrogen-bond donors (Lipinski definition) is 2. The fourth-order valence-electron chi connectivity index (χ4n) is 2.41. The third kappa shape index (κ3) is 11.0. The number of rotatable bonds is 14. The fraction of sp³-hybridized carbons (Fsp3) is 0.526. The first kappa shape index (κ1) is 24.1. The van der Waals surface area contributed by atoms with E-state index in [0.717, 1.165) is 6.26 Å². The van der Waals surface area contributed by atoms with Crippen molar-refractivity contribution in [1.29, 1.82) is 0 Å². The maximum Gasteiger partial charge on any atom is 0.303 e. The van der Waals surface area contributed by atoms with Crippen LogP contribution in [0.1, 0.15) is 32.1 Å². The normalized spacial score (nSPS) is 13.1. The highest BCUT2D eigenvalue weighted by atomic mass is 32.2. The van der Waals surface area contributed by atoms with E-state index in [1.165, 1.54) is 22.5 Å². The standard InChI is InChI=1S/C19H28FNO6S/c1-28(25,26)21(12-5-3-2-4-11-19(23)24)13-7-9-17(22)15-27-18-10-6-8-16(20)14-18/h3,5-6,8,10,14,17,22H,2,4,7,9,11-13,15H2,1H3,(H,23,24). The molecule has 0 saturated heterocycles. The highest BCUT2D eigenvalue weighted by Crippen LogP contribution is 2.13. The molecule has 1 rings (SSSR count). The Morgan fingerprint density at radius 2 is 2.07 bits per heavy atom. The number of unbranched alkanes of at least 4 members (excludes halogenated alkanes) is 1. The minimum absolute atomic E-state index is 0.00813. The van der Waals surface area contributed by atoms with Crippen molar-refractivity contribution >= 4 is 16.0 Å². The minimum Gasteiger partial charge on any atom is -0.491 e. The molecule has 0 spiro atoms. The Morgan fingerprint density at radius 3 is 2.71 bits per heavy atom. The second-order valence-corrected chi connectivity index (χ2v) is 8.43. The van der Waals surface area contributed by atoms with Crippen LogP contribution in [0, 0.1) is 5.82 Å². The molecule has 0 bridgehead atoms. The number of halogens is 1. The average molecular weight is 417 g/mol. The summed E-state index contributed by atoms with van der Waals surface area (Å²) in [6, 6.07) is 5.62. The van der Waals surface area contributed by atoms with Crippen LogP contribution in [-0.4, -0.2) is 61.0 Å². The molecule has 9 heteroatoms. The third-order valence-corrected chi connectivity index (χ3v) is 5.16. The summed E-state index contributed by atoms with van der Waals surface area (Å²) >= 11 is 0. The van der Waals surface area contributed by atoms with Gasteiger partial charge in [0.15, 0.2) is 0 Å². The number of benzene rings is 1. The molecule has 7 nitrogen and oxygen atoms in total. The molecule has 0 heterocycles. The van der Waals surface area contributed by atoms with Crippen molar-refractivity contribution in [3.8, 4) is 5.75 Å². The van der Waals surface area contributed by atoms with Gasteiger partial charge in [-0.25, -0.2) is 12.8 Å². The number of hydrogen-bond acceptors (Lipinski definition) is 5. The highest BCUT2D eigenvalue weighted by Gasteiger charge is 2.15. The zero-order valence-corrected chi connectivity index (χ0v) is 16.8. The molecule has 2 N–H and O–H groups in total. The molecule has 0 aliphatic heterocycles. The lowest BCUT2D eigenvalue weighted by Gasteiger charge is -2.19. The first-order chi connectivity index (χ1) is 13.2. The molecular weight excluding hydrogens is 389 g/mol. The Hall–Kier alpha value is -1.97. The molecule has 1 aromatic rings. The van der Waals surface area contributed by atoms with E-state index in [-0.39, 0.29) is 26.1 Å². The van der Waals surface area contributed by atoms with Crippen molar-refractivity contribution in [2.24, 2.45) is 0 Å². The number of carbonyl (C=O) groups is 1. The van der Waals surface area contributed by atoms with Gasteiger partial charge in [0.05, 0.1) is 12.4 Å². The lowest BCUT2D eigenvalue weighted by molar-refractivity contribution is -0.137. The molecule has 1 aromatic carbocycles. The quantitative estimate of drug-likeness (QED) is 0.356. The van der Waals surface area contributed by atoms with Gasteiger partial charge in [-0.15, -0.1) is 0 Å². The van der Waals surface area contributed by atoms with Gasteiger partial charge >= 0.3 is 5.97 Å². The lowest BCUT2D eigenvalue weighted by Crippen LogP contribution is -2.32. The van der Waals surface area contributed by atoms with Crippen molar-refractivity contribution in [2.45, 2.75) is 38.2 Å². The summed E-state index contributed by atoms with van der Waals surface area (Å²) in [5.74, 6) is -0.956. The number of allylic oxidation sites excluding steroid dienone is 1. The smallest absolute Gasteiger partial charge is 0.303 e. The fourth-order valence-corrected chi connectivity index (χ4v) is 3.23. The molecule has 0 aliphatic rings. The molecule has 0 amide bonds. The van der Waals surface area contributed by atoms with E-state index in [9.17, 15) is 22.7 Å². The molecule has 28 heavy (non-hydrogen) atoms. The Bertz CT molecular complexity index is 738. The van der Waals surface area contributed by atoms with Crippen molar-refractivity contribution < 1.29 is 32.6 Å². The topological polar surface area (TPSA) is 104 Å². The van der Waals surface area contributed by atoms with Crippen molar-refractivity contribution in [1.82, 2.24) is 4.31 Å². The SMILES string of the molecule is CS(=O)(=O)N(CC=CCCCC(=O)O)CCCC(O)COc1cccc(F)c1. The van der Waals surface area contributed by atoms with Gasteiger partial charge in [-0.2, -0.15) is 4.31 Å². The largest absolute Gasteiger partial charge is 0.491 e. The van der Waals surface area contributed by atoms with Gasteiger partial charge < -0.3 is 14.9 Å². The summed E-state index contributed by atoms with van der Waals surface area (Å²) in [7, 11) is -3.40. The predicted octanol–water partition coefficient (Wildman–Crippen LogP) is 2.42. The monoisotopic (exact) mass is 417 g/mol. The maximum atomic E-state index is 13.1. The second kappa shape index (κ2) is 12.5. The van der Waals surface area contributed by atoms with Crippen molar-refractivity contribution in [3.05, 3.63) is 42.2 Å². The van der Waals surface area contributed by atoms with E-state index in [2.05, 4.69) is 0 Å². The summed E-state index contributed by atoms with van der Waals surface area (Å²) in [6.45, 7) is 0.433. The molecule has 0 saturated carbocycles. The maximum absolute atomic E-state index is 13.1. The van der Waals surface area contributed by atoms with Crippen LogP contribution in [-0.2, 0) is 14.8 Å². The molecule has 0 aromatic heterocycles. The highest BCUT2D eigenvalue weighted by molar-refractivity contribution is 7.88. The van der Waals surface area contributed by atoms with Gasteiger partial charge in [-0.1, -0.05) is 18.2 Å². The summed E-state index contributed by atoms with van der Waals surface area (Å²) in [4.78, 5) is 10.4. The average Bonchev–Trinajstić information content (AvgIpc) is 2.60. The zero-order valence-electron chi connectivity index (χ0n) is 16.0. The van der Waals surface area contributed by atoms with E-state index in [1.807, 2.05) is 0 Å². The first-order valence-corrected chi connectivity index (χ1v) is 10.9. The van der Waals surface area contributed by atoms with Crippen LogP contribution < -0.4 is 4.74 Å². The Kier molecular flexibility index (Phi) is 10.7. The van der Waals surface area contributed by atoms with E-state index in [0.29, 0.717) is 31.4 Å². The van der Waals surface area contributed by atoms with Gasteiger partial charge in [-0.05, 0) is 37.8 Å². The van der Waals surface area contributed by atoms with Crippen LogP contribution in [0.15, 0.2) is 36.4 Å². The van der Waals surface area contributed by atoms with Crippen LogP contribution in [0.3, 0.4) is 0 Å². The van der Waals surface area contributed by atoms with Gasteiger partial charge in [0.25, 0.3) is 0 Å². The summed E-state index contributed by atoms with van der Waals surface area (Å²) in [5.41, 5.74) is 0. The first-order valence-electron chi connectivity index (χ1n) is 9.07. The van der Waals surface area contributed by atoms with Crippen molar-refractivity contribution in [2.75, 3.05) is 26.0 Å². The Morgan fingerprint density at radius 1 is 1.32 bits per heavy atom. The number of ether oxygens (including phenoxy) is 1. The number of carboxylic acid groups (broad SMARTS) is 1. The summed E-state index contributed by atoms with van der Waals surface area (Å²) in [5, 5.41) is 18.5. The molecule has 158 valence electrons. The van der Waals surface area contributed by atoms with Crippen LogP contribution in [0.4, 0.5) is 4.39 Å². The van der Waals surface area contributed by atoms with Crippen LogP contribution >= 0.6 is 0 Å². The van der Waals surface area contributed by atoms with E-state index < -0.39 is 27.9 Å². The third-order valence-electron chi connectivity index (χ3n) is 3.89. The molecule has 1 atom stereocenters. The predicted molar refractivity (Wildman–Crippen MR) is 104 cm³/mol. The van der Waals surface area contributed by atoms with E-state index >= 15 is 0 Å². The van der Waals surface area contributed by atoms with E-state index in [1.54, 1.807) is 18.2 Å². The molecule has 1 unspecified atom stereocenters. The number of sulfonamides is 1. The molecule has 0 radical (unpaired) electrons. The second-order valence-electron chi connectivity index (χ2n) is 6.44. The Balaban J connectivity index is 2.34. The van der Waals surface area contributed by atoms with Gasteiger partial charge in [0.1, 0.15) is 18.2 Å². The van der Waals surface area contributed by atoms with Gasteiger partial charge in [0.2, 0.25) is 10.0 Å². The minimum atomic E-state index is -3.40. The summed E-state index contributed by atoms with van der Waals surface area (Å²) in [6.07, 6.45) is 5.72. The molecule has 0 aliphatic carbocycles. The molecule has 0 fully saturated rings. The van der Waals surface area contributed by atoms with Gasteiger partial charge in [-0.3, -0.25) is 4.79 Å². The number of aliphatic hydroxyl groups excluding tert-OH is 1. The number of aliphatic hydroxyl groups is 1. The van der Waals surface area contributed by atoms with Crippen molar-refractivity contribution in [3.63, 3.8) is 0 Å². The number of aliphatic carboxylic acids is 1.